The molecule has 1 unspecified atom stereocenters. The topological polar surface area (TPSA) is 68.8 Å². The fraction of sp³-hybridized carbons (Fsp3) is 0.800. The van der Waals surface area contributed by atoms with Crippen molar-refractivity contribution in [3.63, 3.8) is 0 Å². The lowest BCUT2D eigenvalue weighted by atomic mass is 10.1. The molecular formula is C10H17N5. The van der Waals surface area contributed by atoms with Crippen LogP contribution in [0.2, 0.25) is 0 Å². The van der Waals surface area contributed by atoms with Gasteiger partial charge in [-0.2, -0.15) is 10.1 Å². The molecule has 1 aromatic rings. The largest absolute Gasteiger partial charge is 0.354 e. The van der Waals surface area contributed by atoms with Crippen LogP contribution < -0.4 is 11.1 Å². The Morgan fingerprint density at radius 1 is 1.40 bits per heavy atom. The van der Waals surface area contributed by atoms with Gasteiger partial charge in [-0.3, -0.25) is 0 Å². The second kappa shape index (κ2) is 3.48. The standard InChI is InChI=1S/C10H17N5/c11-5-3-9-13-10-12-6-4-8(7-1-2-7)15(10)14-9/h7-8H,1-6,11H2,(H,12,13,14). The molecule has 0 amide bonds. The van der Waals surface area contributed by atoms with Gasteiger partial charge in [0.05, 0.1) is 6.04 Å². The van der Waals surface area contributed by atoms with Crippen LogP contribution in [0.15, 0.2) is 0 Å². The van der Waals surface area contributed by atoms with Gasteiger partial charge in [0, 0.05) is 13.0 Å². The highest BCUT2D eigenvalue weighted by Crippen LogP contribution is 2.43. The summed E-state index contributed by atoms with van der Waals surface area (Å²) in [5, 5.41) is 7.85. The van der Waals surface area contributed by atoms with Crippen LogP contribution in [0.3, 0.4) is 0 Å². The van der Waals surface area contributed by atoms with Gasteiger partial charge in [-0.25, -0.2) is 4.68 Å². The van der Waals surface area contributed by atoms with Gasteiger partial charge in [-0.1, -0.05) is 0 Å². The highest BCUT2D eigenvalue weighted by Gasteiger charge is 2.36. The van der Waals surface area contributed by atoms with Crippen molar-refractivity contribution in [2.75, 3.05) is 18.4 Å². The van der Waals surface area contributed by atoms with Crippen LogP contribution >= 0.6 is 0 Å². The molecule has 82 valence electrons. The molecule has 1 aromatic heterocycles. The molecule has 1 aliphatic carbocycles. The molecule has 5 heteroatoms. The van der Waals surface area contributed by atoms with E-state index in [-0.39, 0.29) is 0 Å². The minimum atomic E-state index is 0.584. The molecule has 0 aromatic carbocycles. The van der Waals surface area contributed by atoms with Crippen molar-refractivity contribution in [3.8, 4) is 0 Å². The first-order valence-corrected chi connectivity index (χ1v) is 5.78. The second-order valence-electron chi connectivity index (χ2n) is 4.46. The summed E-state index contributed by atoms with van der Waals surface area (Å²) in [5.41, 5.74) is 5.52. The van der Waals surface area contributed by atoms with Crippen molar-refractivity contribution in [2.24, 2.45) is 11.7 Å². The van der Waals surface area contributed by atoms with E-state index < -0.39 is 0 Å². The van der Waals surface area contributed by atoms with Gasteiger partial charge < -0.3 is 11.1 Å². The van der Waals surface area contributed by atoms with Crippen LogP contribution in [0.1, 0.15) is 31.1 Å². The number of nitrogens with two attached hydrogens (primary N) is 1. The average molecular weight is 207 g/mol. The third-order valence-corrected chi connectivity index (χ3v) is 3.25. The van der Waals surface area contributed by atoms with Gasteiger partial charge >= 0.3 is 0 Å². The molecular weight excluding hydrogens is 190 g/mol. The zero-order chi connectivity index (χ0) is 10.3. The van der Waals surface area contributed by atoms with Crippen LogP contribution in [0.25, 0.3) is 0 Å². The highest BCUT2D eigenvalue weighted by molar-refractivity contribution is 5.28. The van der Waals surface area contributed by atoms with E-state index in [1.807, 2.05) is 0 Å². The Morgan fingerprint density at radius 3 is 3.00 bits per heavy atom. The van der Waals surface area contributed by atoms with Crippen molar-refractivity contribution >= 4 is 5.95 Å². The van der Waals surface area contributed by atoms with E-state index in [0.717, 1.165) is 30.7 Å². The summed E-state index contributed by atoms with van der Waals surface area (Å²) in [6, 6.07) is 0.584. The molecule has 1 saturated carbocycles. The maximum atomic E-state index is 5.52. The van der Waals surface area contributed by atoms with E-state index in [1.165, 1.54) is 19.3 Å². The molecule has 5 nitrogen and oxygen atoms in total. The Kier molecular flexibility index (Phi) is 2.12. The van der Waals surface area contributed by atoms with Crippen molar-refractivity contribution in [1.29, 1.82) is 0 Å². The highest BCUT2D eigenvalue weighted by atomic mass is 15.4. The number of aromatic nitrogens is 3. The van der Waals surface area contributed by atoms with E-state index in [1.54, 1.807) is 0 Å². The molecule has 1 fully saturated rings. The lowest BCUT2D eigenvalue weighted by Gasteiger charge is -2.23. The maximum Gasteiger partial charge on any atom is 0.221 e. The molecule has 1 atom stereocenters. The fourth-order valence-corrected chi connectivity index (χ4v) is 2.32. The van der Waals surface area contributed by atoms with Crippen LogP contribution in [-0.2, 0) is 6.42 Å². The van der Waals surface area contributed by atoms with Gasteiger partial charge in [-0.05, 0) is 31.7 Å². The number of fused-ring (bicyclic) bond motifs is 1. The second-order valence-corrected chi connectivity index (χ2v) is 4.46. The summed E-state index contributed by atoms with van der Waals surface area (Å²) in [4.78, 5) is 4.46. The summed E-state index contributed by atoms with van der Waals surface area (Å²) >= 11 is 0. The van der Waals surface area contributed by atoms with E-state index >= 15 is 0 Å². The average Bonchev–Trinajstić information content (AvgIpc) is 2.98. The zero-order valence-corrected chi connectivity index (χ0v) is 8.82. The predicted octanol–water partition coefficient (Wildman–Crippen LogP) is 0.546. The van der Waals surface area contributed by atoms with E-state index in [0.29, 0.717) is 12.6 Å². The van der Waals surface area contributed by atoms with Crippen LogP contribution in [-0.4, -0.2) is 27.9 Å². The van der Waals surface area contributed by atoms with Crippen LogP contribution in [0.5, 0.6) is 0 Å². The Balaban J connectivity index is 1.88. The Morgan fingerprint density at radius 2 is 2.27 bits per heavy atom. The minimum Gasteiger partial charge on any atom is -0.354 e. The minimum absolute atomic E-state index is 0.584. The molecule has 0 spiro atoms. The van der Waals surface area contributed by atoms with Gasteiger partial charge in [0.15, 0.2) is 5.82 Å². The van der Waals surface area contributed by atoms with Crippen LogP contribution in [0, 0.1) is 5.92 Å². The molecule has 0 bridgehead atoms. The van der Waals surface area contributed by atoms with E-state index in [4.69, 9.17) is 5.73 Å². The van der Waals surface area contributed by atoms with Gasteiger partial charge in [-0.15, -0.1) is 0 Å². The molecule has 2 heterocycles. The number of rotatable bonds is 3. The fourth-order valence-electron chi connectivity index (χ4n) is 2.32. The Bertz CT molecular complexity index is 355. The molecule has 1 aliphatic heterocycles. The van der Waals surface area contributed by atoms with Crippen molar-refractivity contribution in [2.45, 2.75) is 31.7 Å². The van der Waals surface area contributed by atoms with Crippen molar-refractivity contribution < 1.29 is 0 Å². The zero-order valence-electron chi connectivity index (χ0n) is 8.82. The van der Waals surface area contributed by atoms with Crippen LogP contribution in [0.4, 0.5) is 5.95 Å². The first-order chi connectivity index (χ1) is 7.38. The number of nitrogens with zero attached hydrogens (tertiary/aromatic N) is 3. The number of hydrogen-bond acceptors (Lipinski definition) is 4. The van der Waals surface area contributed by atoms with E-state index in [9.17, 15) is 0 Å². The SMILES string of the molecule is NCCc1nc2n(n1)C(C1CC1)CCN2. The molecule has 3 N–H and O–H groups in total. The normalized spacial score (nSPS) is 24.7. The van der Waals surface area contributed by atoms with Gasteiger partial charge in [0.25, 0.3) is 0 Å². The number of hydrogen-bond donors (Lipinski definition) is 2. The molecule has 3 rings (SSSR count). The maximum absolute atomic E-state index is 5.52. The summed E-state index contributed by atoms with van der Waals surface area (Å²) in [6.45, 7) is 1.65. The molecule has 15 heavy (non-hydrogen) atoms. The van der Waals surface area contributed by atoms with E-state index in [2.05, 4.69) is 20.1 Å². The summed E-state index contributed by atoms with van der Waals surface area (Å²) < 4.78 is 2.09. The molecule has 0 radical (unpaired) electrons. The first-order valence-electron chi connectivity index (χ1n) is 5.78. The number of anilines is 1. The summed E-state index contributed by atoms with van der Waals surface area (Å²) in [5.74, 6) is 2.67. The first kappa shape index (κ1) is 9.15. The van der Waals surface area contributed by atoms with Gasteiger partial charge in [0.2, 0.25) is 5.95 Å². The summed E-state index contributed by atoms with van der Waals surface area (Å²) in [6.07, 6.45) is 4.68. The lowest BCUT2D eigenvalue weighted by Crippen LogP contribution is -2.25. The smallest absolute Gasteiger partial charge is 0.221 e. The third kappa shape index (κ3) is 1.61. The number of nitrogens with one attached hydrogen (secondary N) is 1. The van der Waals surface area contributed by atoms with Crippen molar-refractivity contribution in [1.82, 2.24) is 14.8 Å². The quantitative estimate of drug-likeness (QED) is 0.759. The molecule has 0 saturated heterocycles. The monoisotopic (exact) mass is 207 g/mol. The summed E-state index contributed by atoms with van der Waals surface area (Å²) in [7, 11) is 0. The van der Waals surface area contributed by atoms with Gasteiger partial charge in [0.1, 0.15) is 0 Å². The lowest BCUT2D eigenvalue weighted by molar-refractivity contribution is 0.373. The third-order valence-electron chi connectivity index (χ3n) is 3.25. The predicted molar refractivity (Wildman–Crippen MR) is 57.6 cm³/mol. The van der Waals surface area contributed by atoms with Crippen molar-refractivity contribution in [3.05, 3.63) is 5.82 Å². The Hall–Kier alpha value is -1.10. The Labute approximate surface area is 89.1 Å². The molecule has 2 aliphatic rings.